The quantitative estimate of drug-likeness (QED) is 0.817. The molecular weight excluding hydrogens is 245 g/mol. The molecule has 1 aromatic rings. The van der Waals surface area contributed by atoms with Crippen molar-refractivity contribution in [3.63, 3.8) is 0 Å². The van der Waals surface area contributed by atoms with E-state index in [1.54, 1.807) is 0 Å². The number of hydrogen-bond donors (Lipinski definition) is 2. The normalized spacial score (nSPS) is 20.2. The third-order valence-electron chi connectivity index (χ3n) is 3.66. The zero-order valence-corrected chi connectivity index (χ0v) is 11.2. The first kappa shape index (κ1) is 13.8. The monoisotopic (exact) mass is 265 g/mol. The molecule has 5 heteroatoms. The molecule has 0 aromatic heterocycles. The number of carbonyl (C=O) groups is 1. The Morgan fingerprint density at radius 2 is 2.32 bits per heavy atom. The number of nitrogen functional groups attached to an aromatic ring is 1. The Morgan fingerprint density at radius 3 is 3.00 bits per heavy atom. The molecular formula is C14H20FN3O. The summed E-state index contributed by atoms with van der Waals surface area (Å²) < 4.78 is 13.6. The number of carbonyl (C=O) groups excluding carboxylic acids is 1. The molecule has 0 aliphatic carbocycles. The number of nitrogens with one attached hydrogen (secondary N) is 1. The lowest BCUT2D eigenvalue weighted by atomic mass is 10.0. The van der Waals surface area contributed by atoms with Crippen LogP contribution in [0.1, 0.15) is 29.6 Å². The molecule has 0 saturated carbocycles. The summed E-state index contributed by atoms with van der Waals surface area (Å²) in [7, 11) is 2.06. The number of amides is 1. The number of likely N-dealkylation sites (tertiary alicyclic amines) is 1. The molecule has 0 spiro atoms. The summed E-state index contributed by atoms with van der Waals surface area (Å²) in [5, 5.41) is 2.80. The minimum Gasteiger partial charge on any atom is -0.399 e. The zero-order valence-electron chi connectivity index (χ0n) is 11.2. The van der Waals surface area contributed by atoms with Crippen molar-refractivity contribution in [2.45, 2.75) is 25.3 Å². The van der Waals surface area contributed by atoms with Gasteiger partial charge in [0.1, 0.15) is 5.82 Å². The number of nitrogens with two attached hydrogens (primary N) is 1. The van der Waals surface area contributed by atoms with E-state index in [1.807, 2.05) is 0 Å². The van der Waals surface area contributed by atoms with E-state index in [9.17, 15) is 9.18 Å². The van der Waals surface area contributed by atoms with Gasteiger partial charge in [0.05, 0.1) is 5.56 Å². The van der Waals surface area contributed by atoms with Crippen molar-refractivity contribution < 1.29 is 9.18 Å². The van der Waals surface area contributed by atoms with E-state index >= 15 is 0 Å². The van der Waals surface area contributed by atoms with Crippen LogP contribution in [0, 0.1) is 5.82 Å². The standard InChI is InChI=1S/C14H20FN3O/c1-18-7-3-2-4-11(18)9-17-14(19)12-6-5-10(16)8-13(12)15/h5-6,8,11H,2-4,7,9,16H2,1H3,(H,17,19). The number of nitrogens with zero attached hydrogens (tertiary/aromatic N) is 1. The number of likely N-dealkylation sites (N-methyl/N-ethyl adjacent to an activating group) is 1. The lowest BCUT2D eigenvalue weighted by molar-refractivity contribution is 0.0924. The molecule has 1 atom stereocenters. The molecule has 1 heterocycles. The Morgan fingerprint density at radius 1 is 1.53 bits per heavy atom. The molecule has 104 valence electrons. The van der Waals surface area contributed by atoms with E-state index < -0.39 is 5.82 Å². The Labute approximate surface area is 112 Å². The van der Waals surface area contributed by atoms with E-state index in [4.69, 9.17) is 5.73 Å². The molecule has 0 bridgehead atoms. The third-order valence-corrected chi connectivity index (χ3v) is 3.66. The third kappa shape index (κ3) is 3.44. The van der Waals surface area contributed by atoms with E-state index in [2.05, 4.69) is 17.3 Å². The number of benzene rings is 1. The molecule has 1 unspecified atom stereocenters. The molecule has 1 aliphatic rings. The maximum atomic E-state index is 13.6. The van der Waals surface area contributed by atoms with Crippen molar-refractivity contribution in [2.24, 2.45) is 0 Å². The van der Waals surface area contributed by atoms with Crippen molar-refractivity contribution in [1.82, 2.24) is 10.2 Å². The van der Waals surface area contributed by atoms with Gasteiger partial charge in [0.15, 0.2) is 0 Å². The average Bonchev–Trinajstić information content (AvgIpc) is 2.37. The molecule has 3 N–H and O–H groups in total. The second-order valence-corrected chi connectivity index (χ2v) is 5.08. The second kappa shape index (κ2) is 6.02. The predicted octanol–water partition coefficient (Wildman–Crippen LogP) is 1.62. The van der Waals surface area contributed by atoms with Gasteiger partial charge in [-0.3, -0.25) is 4.79 Å². The number of piperidine rings is 1. The summed E-state index contributed by atoms with van der Waals surface area (Å²) in [6.07, 6.45) is 3.45. The summed E-state index contributed by atoms with van der Waals surface area (Å²) in [6, 6.07) is 4.46. The number of halogens is 1. The minimum atomic E-state index is -0.575. The Hall–Kier alpha value is -1.62. The van der Waals surface area contributed by atoms with Crippen LogP contribution in [-0.4, -0.2) is 37.0 Å². The van der Waals surface area contributed by atoms with Gasteiger partial charge in [-0.05, 0) is 44.6 Å². The van der Waals surface area contributed by atoms with Gasteiger partial charge in [0, 0.05) is 18.3 Å². The lowest BCUT2D eigenvalue weighted by Crippen LogP contribution is -2.44. The molecule has 4 nitrogen and oxygen atoms in total. The van der Waals surface area contributed by atoms with Crippen molar-refractivity contribution in [2.75, 3.05) is 25.9 Å². The highest BCUT2D eigenvalue weighted by Gasteiger charge is 2.20. The fraction of sp³-hybridized carbons (Fsp3) is 0.500. The van der Waals surface area contributed by atoms with Crippen LogP contribution in [0.3, 0.4) is 0 Å². The highest BCUT2D eigenvalue weighted by molar-refractivity contribution is 5.94. The Kier molecular flexibility index (Phi) is 4.37. The van der Waals surface area contributed by atoms with Crippen LogP contribution in [0.25, 0.3) is 0 Å². The topological polar surface area (TPSA) is 58.4 Å². The van der Waals surface area contributed by atoms with Gasteiger partial charge in [-0.25, -0.2) is 4.39 Å². The summed E-state index contributed by atoms with van der Waals surface area (Å²) in [6.45, 7) is 1.61. The first-order valence-electron chi connectivity index (χ1n) is 6.61. The molecule has 2 rings (SSSR count). The van der Waals surface area contributed by atoms with Crippen molar-refractivity contribution >= 4 is 11.6 Å². The minimum absolute atomic E-state index is 0.0488. The summed E-state index contributed by atoms with van der Waals surface area (Å²) in [5.74, 6) is -0.953. The van der Waals surface area contributed by atoms with Crippen LogP contribution < -0.4 is 11.1 Å². The van der Waals surface area contributed by atoms with E-state index in [0.29, 0.717) is 18.3 Å². The van der Waals surface area contributed by atoms with Gasteiger partial charge in [-0.15, -0.1) is 0 Å². The van der Waals surface area contributed by atoms with Gasteiger partial charge in [-0.2, -0.15) is 0 Å². The molecule has 19 heavy (non-hydrogen) atoms. The van der Waals surface area contributed by atoms with E-state index in [-0.39, 0.29) is 11.5 Å². The Bertz CT molecular complexity index is 464. The van der Waals surface area contributed by atoms with E-state index in [1.165, 1.54) is 31.0 Å². The molecule has 1 amide bonds. The molecule has 0 radical (unpaired) electrons. The molecule has 1 aliphatic heterocycles. The summed E-state index contributed by atoms with van der Waals surface area (Å²) in [5.41, 5.74) is 5.83. The smallest absolute Gasteiger partial charge is 0.254 e. The lowest BCUT2D eigenvalue weighted by Gasteiger charge is -2.32. The number of hydrogen-bond acceptors (Lipinski definition) is 3. The molecule has 1 aromatic carbocycles. The highest BCUT2D eigenvalue weighted by Crippen LogP contribution is 2.15. The molecule has 1 saturated heterocycles. The summed E-state index contributed by atoms with van der Waals surface area (Å²) >= 11 is 0. The van der Waals surface area contributed by atoms with Crippen LogP contribution in [-0.2, 0) is 0 Å². The number of rotatable bonds is 3. The van der Waals surface area contributed by atoms with Gasteiger partial charge >= 0.3 is 0 Å². The number of anilines is 1. The fourth-order valence-electron chi connectivity index (χ4n) is 2.42. The Balaban J connectivity index is 1.93. The van der Waals surface area contributed by atoms with Gasteiger partial charge in [0.2, 0.25) is 0 Å². The van der Waals surface area contributed by atoms with Crippen LogP contribution in [0.4, 0.5) is 10.1 Å². The van der Waals surface area contributed by atoms with Gasteiger partial charge in [0.25, 0.3) is 5.91 Å². The molecule has 1 fully saturated rings. The maximum Gasteiger partial charge on any atom is 0.254 e. The van der Waals surface area contributed by atoms with Crippen LogP contribution in [0.5, 0.6) is 0 Å². The van der Waals surface area contributed by atoms with Crippen LogP contribution in [0.15, 0.2) is 18.2 Å². The van der Waals surface area contributed by atoms with Gasteiger partial charge in [-0.1, -0.05) is 6.42 Å². The maximum absolute atomic E-state index is 13.6. The highest BCUT2D eigenvalue weighted by atomic mass is 19.1. The second-order valence-electron chi connectivity index (χ2n) is 5.08. The van der Waals surface area contributed by atoms with Gasteiger partial charge < -0.3 is 16.0 Å². The SMILES string of the molecule is CN1CCCCC1CNC(=O)c1ccc(N)cc1F. The van der Waals surface area contributed by atoms with Crippen LogP contribution in [0.2, 0.25) is 0 Å². The average molecular weight is 265 g/mol. The van der Waals surface area contributed by atoms with Crippen LogP contribution >= 0.6 is 0 Å². The van der Waals surface area contributed by atoms with Crippen molar-refractivity contribution in [3.8, 4) is 0 Å². The van der Waals surface area contributed by atoms with E-state index in [0.717, 1.165) is 13.0 Å². The van der Waals surface area contributed by atoms with Crippen molar-refractivity contribution in [1.29, 1.82) is 0 Å². The first-order chi connectivity index (χ1) is 9.08. The predicted molar refractivity (Wildman–Crippen MR) is 73.4 cm³/mol. The zero-order chi connectivity index (χ0) is 13.8. The largest absolute Gasteiger partial charge is 0.399 e. The van der Waals surface area contributed by atoms with Crippen molar-refractivity contribution in [3.05, 3.63) is 29.6 Å². The first-order valence-corrected chi connectivity index (χ1v) is 6.61. The summed E-state index contributed by atoms with van der Waals surface area (Å²) in [4.78, 5) is 14.2. The fourth-order valence-corrected chi connectivity index (χ4v) is 2.42.